The third kappa shape index (κ3) is 6.13. The van der Waals surface area contributed by atoms with Gasteiger partial charge < -0.3 is 13.9 Å². The molecular weight excluding hydrogens is 777 g/mol. The maximum atomic E-state index is 6.50. The molecule has 0 saturated carbocycles. The average molecular weight is 819 g/mol. The molecule has 0 radical (unpaired) electrons. The lowest BCUT2D eigenvalue weighted by Crippen LogP contribution is -2.31. The van der Waals surface area contributed by atoms with Gasteiger partial charge in [0.05, 0.1) is 16.4 Å². The Morgan fingerprint density at radius 2 is 0.828 bits per heavy atom. The molecule has 0 aliphatic heterocycles. The number of hydrogen-bond acceptors (Lipinski definition) is 2. The number of benzene rings is 10. The highest BCUT2D eigenvalue weighted by molar-refractivity contribution is 6.10. The van der Waals surface area contributed by atoms with Crippen LogP contribution in [0, 0.1) is 0 Å². The van der Waals surface area contributed by atoms with Gasteiger partial charge in [0.2, 0.25) is 0 Å². The molecule has 2 aromatic heterocycles. The van der Waals surface area contributed by atoms with Gasteiger partial charge in [-0.05, 0) is 106 Å². The van der Waals surface area contributed by atoms with Gasteiger partial charge in [0.15, 0.2) is 0 Å². The lowest BCUT2D eigenvalue weighted by Gasteiger charge is -2.37. The van der Waals surface area contributed by atoms with Crippen LogP contribution in [0.5, 0.6) is 0 Å². The van der Waals surface area contributed by atoms with Crippen molar-refractivity contribution in [2.45, 2.75) is 5.41 Å². The summed E-state index contributed by atoms with van der Waals surface area (Å²) in [5.41, 5.74) is 14.9. The van der Waals surface area contributed by atoms with Gasteiger partial charge in [0.1, 0.15) is 11.2 Å². The van der Waals surface area contributed by atoms with Crippen LogP contribution in [0.4, 0.5) is 17.1 Å². The number of hydrogen-bond donors (Lipinski definition) is 0. The molecule has 0 fully saturated rings. The van der Waals surface area contributed by atoms with Gasteiger partial charge in [-0.2, -0.15) is 0 Å². The first-order valence-electron chi connectivity index (χ1n) is 21.9. The first-order valence-corrected chi connectivity index (χ1v) is 21.9. The van der Waals surface area contributed by atoms with Crippen LogP contribution < -0.4 is 4.90 Å². The van der Waals surface area contributed by atoms with Crippen LogP contribution in [0.1, 0.15) is 22.3 Å². The molecule has 3 nitrogen and oxygen atoms in total. The minimum atomic E-state index is -0.553. The molecule has 0 aliphatic carbocycles. The van der Waals surface area contributed by atoms with Crippen molar-refractivity contribution in [1.29, 1.82) is 0 Å². The van der Waals surface area contributed by atoms with Crippen molar-refractivity contribution < 1.29 is 4.42 Å². The predicted molar refractivity (Wildman–Crippen MR) is 266 cm³/mol. The summed E-state index contributed by atoms with van der Waals surface area (Å²) in [7, 11) is 0. The van der Waals surface area contributed by atoms with Crippen LogP contribution in [0.2, 0.25) is 0 Å². The van der Waals surface area contributed by atoms with Gasteiger partial charge in [-0.1, -0.05) is 176 Å². The Bertz CT molecular complexity index is 3500. The largest absolute Gasteiger partial charge is 0.456 e. The fourth-order valence-corrected chi connectivity index (χ4v) is 10.1. The fourth-order valence-electron chi connectivity index (χ4n) is 10.1. The van der Waals surface area contributed by atoms with Gasteiger partial charge in [0, 0.05) is 50.4 Å². The van der Waals surface area contributed by atoms with Crippen molar-refractivity contribution in [2.75, 3.05) is 4.90 Å². The first kappa shape index (κ1) is 37.4. The lowest BCUT2D eigenvalue weighted by molar-refractivity contribution is 0.669. The number of furan rings is 1. The Morgan fingerprint density at radius 1 is 0.312 bits per heavy atom. The Kier molecular flexibility index (Phi) is 9.05. The molecule has 3 heteroatoms. The van der Waals surface area contributed by atoms with Crippen LogP contribution in [-0.4, -0.2) is 4.57 Å². The van der Waals surface area contributed by atoms with Gasteiger partial charge >= 0.3 is 0 Å². The Hall–Kier alpha value is -8.40. The first-order chi connectivity index (χ1) is 31.7. The van der Waals surface area contributed by atoms with E-state index in [0.717, 1.165) is 55.8 Å². The molecule has 10 aromatic carbocycles. The molecule has 12 aromatic rings. The average Bonchev–Trinajstić information content (AvgIpc) is 3.91. The van der Waals surface area contributed by atoms with Crippen LogP contribution >= 0.6 is 0 Å². The molecule has 0 N–H and O–H groups in total. The smallest absolute Gasteiger partial charge is 0.137 e. The molecule has 0 saturated heterocycles. The molecule has 0 atom stereocenters. The van der Waals surface area contributed by atoms with E-state index in [2.05, 4.69) is 252 Å². The van der Waals surface area contributed by atoms with E-state index in [1.54, 1.807) is 0 Å². The Balaban J connectivity index is 1.03. The molecule has 0 aliphatic rings. The van der Waals surface area contributed by atoms with Crippen molar-refractivity contribution in [1.82, 2.24) is 4.57 Å². The predicted octanol–water partition coefficient (Wildman–Crippen LogP) is 16.2. The zero-order valence-corrected chi connectivity index (χ0v) is 35.1. The quantitative estimate of drug-likeness (QED) is 0.135. The van der Waals surface area contributed by atoms with E-state index in [1.165, 1.54) is 44.1 Å². The van der Waals surface area contributed by atoms with Gasteiger partial charge in [0.25, 0.3) is 0 Å². The minimum absolute atomic E-state index is 0.553. The molecular formula is C61H42N2O. The number of fused-ring (bicyclic) bond motifs is 6. The van der Waals surface area contributed by atoms with Crippen LogP contribution in [0.25, 0.3) is 60.6 Å². The van der Waals surface area contributed by atoms with Gasteiger partial charge in [-0.25, -0.2) is 0 Å². The zero-order chi connectivity index (χ0) is 42.5. The summed E-state index contributed by atoms with van der Waals surface area (Å²) in [5, 5.41) is 4.68. The van der Waals surface area contributed by atoms with Gasteiger partial charge in [-0.15, -0.1) is 0 Å². The van der Waals surface area contributed by atoms with Crippen molar-refractivity contribution in [2.24, 2.45) is 0 Å². The van der Waals surface area contributed by atoms with Crippen LogP contribution in [0.3, 0.4) is 0 Å². The van der Waals surface area contributed by atoms with E-state index in [0.29, 0.717) is 0 Å². The van der Waals surface area contributed by atoms with Crippen LogP contribution in [0.15, 0.2) is 259 Å². The molecule has 0 bridgehead atoms. The summed E-state index contributed by atoms with van der Waals surface area (Å²) in [6.07, 6.45) is 0. The van der Waals surface area contributed by atoms with Crippen molar-refractivity contribution in [3.63, 3.8) is 0 Å². The molecule has 64 heavy (non-hydrogen) atoms. The number of anilines is 3. The second-order valence-electron chi connectivity index (χ2n) is 16.5. The van der Waals surface area contributed by atoms with Crippen molar-refractivity contribution in [3.8, 4) is 16.8 Å². The second kappa shape index (κ2) is 15.5. The maximum Gasteiger partial charge on any atom is 0.137 e. The zero-order valence-electron chi connectivity index (χ0n) is 35.1. The fraction of sp³-hybridized carbons (Fsp3) is 0.0164. The third-order valence-corrected chi connectivity index (χ3v) is 12.9. The van der Waals surface area contributed by atoms with E-state index in [4.69, 9.17) is 4.42 Å². The molecule has 2 heterocycles. The van der Waals surface area contributed by atoms with E-state index in [1.807, 2.05) is 12.1 Å². The number of aromatic nitrogens is 1. The number of para-hydroxylation sites is 3. The van der Waals surface area contributed by atoms with Gasteiger partial charge in [-0.3, -0.25) is 0 Å². The highest BCUT2D eigenvalue weighted by Crippen LogP contribution is 2.47. The summed E-state index contributed by atoms with van der Waals surface area (Å²) in [4.78, 5) is 2.36. The van der Waals surface area contributed by atoms with Crippen LogP contribution in [-0.2, 0) is 5.41 Å². The van der Waals surface area contributed by atoms with E-state index < -0.39 is 5.41 Å². The molecule has 0 amide bonds. The summed E-state index contributed by atoms with van der Waals surface area (Å²) in [5.74, 6) is 0. The topological polar surface area (TPSA) is 21.3 Å². The second-order valence-corrected chi connectivity index (χ2v) is 16.5. The number of nitrogens with zero attached hydrogens (tertiary/aromatic N) is 2. The summed E-state index contributed by atoms with van der Waals surface area (Å²) < 4.78 is 8.87. The summed E-state index contributed by atoms with van der Waals surface area (Å²) in [6, 6.07) is 91.9. The summed E-state index contributed by atoms with van der Waals surface area (Å²) >= 11 is 0. The Morgan fingerprint density at radius 3 is 1.52 bits per heavy atom. The normalized spacial score (nSPS) is 11.8. The highest BCUT2D eigenvalue weighted by Gasteiger charge is 2.38. The minimum Gasteiger partial charge on any atom is -0.456 e. The molecule has 0 unspecified atom stereocenters. The standard InChI is InChI=1S/C61H42N2O/c1-5-19-45(20-6-1)61(46-21-7-2-8-22-46,47-23-9-3-10-24-47)48-33-35-50(36-34-48)62(52-37-38-55-54-29-14-16-31-59(54)64-60(55)42-52)51-27-17-18-43(40-51)44-32-39-58-56(41-44)53-28-13-15-30-57(53)63(58)49-25-11-4-12-26-49/h1-42H. The van der Waals surface area contributed by atoms with Crippen molar-refractivity contribution >= 4 is 60.8 Å². The SMILES string of the molecule is c1ccc(-n2c3ccccc3c3cc(-c4cccc(N(c5ccc(C(c6ccccc6)(c6ccccc6)c6ccccc6)cc5)c5ccc6c(c5)oc5ccccc56)c4)ccc32)cc1. The highest BCUT2D eigenvalue weighted by atomic mass is 16.3. The van der Waals surface area contributed by atoms with E-state index in [-0.39, 0.29) is 0 Å². The Labute approximate surface area is 372 Å². The number of rotatable bonds is 9. The third-order valence-electron chi connectivity index (χ3n) is 12.9. The summed E-state index contributed by atoms with van der Waals surface area (Å²) in [6.45, 7) is 0. The molecule has 12 rings (SSSR count). The molecule has 0 spiro atoms. The monoisotopic (exact) mass is 818 g/mol. The van der Waals surface area contributed by atoms with Crippen molar-refractivity contribution in [3.05, 3.63) is 277 Å². The maximum absolute atomic E-state index is 6.50. The van der Waals surface area contributed by atoms with E-state index >= 15 is 0 Å². The lowest BCUT2D eigenvalue weighted by atomic mass is 9.65. The molecule has 302 valence electrons. The van der Waals surface area contributed by atoms with E-state index in [9.17, 15) is 0 Å².